The first-order valence-corrected chi connectivity index (χ1v) is 10.9. The van der Waals surface area contributed by atoms with Crippen molar-refractivity contribution in [3.63, 3.8) is 0 Å². The number of H-pyrrole nitrogens is 1. The number of aromatic nitrogens is 1. The molecule has 3 aromatic rings. The van der Waals surface area contributed by atoms with E-state index in [1.165, 1.54) is 11.1 Å². The number of hydrogen-bond acceptors (Lipinski definition) is 3. The van der Waals surface area contributed by atoms with Crippen molar-refractivity contribution in [3.05, 3.63) is 56.5 Å². The summed E-state index contributed by atoms with van der Waals surface area (Å²) in [6.45, 7) is 15.3. The molecule has 2 heterocycles. The number of aryl methyl sites for hydroxylation is 2. The van der Waals surface area contributed by atoms with Crippen LogP contribution in [-0.4, -0.2) is 16.1 Å². The van der Waals surface area contributed by atoms with Gasteiger partial charge in [-0.1, -0.05) is 40.7 Å². The Morgan fingerprint density at radius 1 is 1.16 bits per heavy atom. The molecule has 2 N–H and O–H groups in total. The lowest BCUT2D eigenvalue weighted by Gasteiger charge is -2.47. The molecule has 1 atom stereocenters. The van der Waals surface area contributed by atoms with Gasteiger partial charge in [0.2, 0.25) is 0 Å². The Balaban J connectivity index is 2.05. The lowest BCUT2D eigenvalue weighted by atomic mass is 9.58. The summed E-state index contributed by atoms with van der Waals surface area (Å²) in [6.07, 6.45) is 0.799. The first kappa shape index (κ1) is 21.4. The van der Waals surface area contributed by atoms with E-state index >= 15 is 0 Å². The van der Waals surface area contributed by atoms with Crippen molar-refractivity contribution >= 4 is 16.9 Å². The Morgan fingerprint density at radius 3 is 2.48 bits per heavy atom. The Hall–Kier alpha value is -2.82. The SMILES string of the molecule is Cc1cc2oc(-c3cc4c(cc3C)C(C)(C)[C@@H](C)CC4(C)C)c(CC(=O)O)c2c(=O)[nH]1. The van der Waals surface area contributed by atoms with Gasteiger partial charge in [0.15, 0.2) is 0 Å². The first-order chi connectivity index (χ1) is 14.3. The van der Waals surface area contributed by atoms with Crippen molar-refractivity contribution in [2.75, 3.05) is 0 Å². The summed E-state index contributed by atoms with van der Waals surface area (Å²) in [4.78, 5) is 27.1. The van der Waals surface area contributed by atoms with Crippen LogP contribution < -0.4 is 5.56 Å². The fourth-order valence-electron chi connectivity index (χ4n) is 5.29. The maximum Gasteiger partial charge on any atom is 0.307 e. The van der Waals surface area contributed by atoms with Crippen molar-refractivity contribution < 1.29 is 14.3 Å². The molecule has 0 bridgehead atoms. The fourth-order valence-corrected chi connectivity index (χ4v) is 5.29. The average Bonchev–Trinajstić information content (AvgIpc) is 2.97. The number of benzene rings is 1. The molecule has 0 unspecified atom stereocenters. The second kappa shape index (κ2) is 6.84. The van der Waals surface area contributed by atoms with E-state index < -0.39 is 5.97 Å². The van der Waals surface area contributed by atoms with E-state index in [1.54, 1.807) is 13.0 Å². The zero-order valence-electron chi connectivity index (χ0n) is 19.4. The fraction of sp³-hybridized carbons (Fsp3) is 0.462. The minimum Gasteiger partial charge on any atom is -0.481 e. The Morgan fingerprint density at radius 2 is 1.84 bits per heavy atom. The largest absolute Gasteiger partial charge is 0.481 e. The predicted molar refractivity (Wildman–Crippen MR) is 123 cm³/mol. The molecular weight excluding hydrogens is 390 g/mol. The van der Waals surface area contributed by atoms with E-state index in [0.717, 1.165) is 17.5 Å². The van der Waals surface area contributed by atoms with Crippen molar-refractivity contribution in [3.8, 4) is 11.3 Å². The minimum atomic E-state index is -0.991. The number of nitrogens with one attached hydrogen (secondary N) is 1. The zero-order valence-corrected chi connectivity index (χ0v) is 19.4. The number of rotatable bonds is 3. The van der Waals surface area contributed by atoms with Crippen LogP contribution in [0.3, 0.4) is 0 Å². The van der Waals surface area contributed by atoms with Crippen molar-refractivity contribution in [1.29, 1.82) is 0 Å². The molecule has 5 heteroatoms. The summed E-state index contributed by atoms with van der Waals surface area (Å²) in [5.41, 5.74) is 5.75. The molecule has 31 heavy (non-hydrogen) atoms. The van der Waals surface area contributed by atoms with Gasteiger partial charge < -0.3 is 14.5 Å². The van der Waals surface area contributed by atoms with E-state index in [9.17, 15) is 14.7 Å². The standard InChI is InChI=1S/C26H31NO4/c1-13-8-19-18(25(4,5)12-14(2)26(19,6)7)10-16(13)23-17(11-21(28)29)22-20(31-23)9-15(3)27-24(22)30/h8-10,14H,11-12H2,1-7H3,(H,27,30)(H,28,29)/t14-/m0/s1. The number of carboxylic acids is 1. The Labute approximate surface area is 182 Å². The Bertz CT molecular complexity index is 1270. The summed E-state index contributed by atoms with van der Waals surface area (Å²) in [5, 5.41) is 9.88. The minimum absolute atomic E-state index is 0.0141. The van der Waals surface area contributed by atoms with Gasteiger partial charge in [0.25, 0.3) is 5.56 Å². The van der Waals surface area contributed by atoms with Gasteiger partial charge in [-0.3, -0.25) is 9.59 Å². The maximum absolute atomic E-state index is 12.7. The quantitative estimate of drug-likeness (QED) is 0.574. The molecule has 0 saturated heterocycles. The third-order valence-corrected chi connectivity index (χ3v) is 7.33. The lowest BCUT2D eigenvalue weighted by Crippen LogP contribution is -2.40. The van der Waals surface area contributed by atoms with Gasteiger partial charge in [-0.05, 0) is 59.8 Å². The van der Waals surface area contributed by atoms with Gasteiger partial charge in [-0.25, -0.2) is 0 Å². The molecule has 2 aromatic heterocycles. The highest BCUT2D eigenvalue weighted by Crippen LogP contribution is 2.51. The van der Waals surface area contributed by atoms with Gasteiger partial charge in [-0.2, -0.15) is 0 Å². The van der Waals surface area contributed by atoms with E-state index in [0.29, 0.717) is 33.9 Å². The van der Waals surface area contributed by atoms with Crippen LogP contribution in [0.2, 0.25) is 0 Å². The van der Waals surface area contributed by atoms with Gasteiger partial charge in [0.1, 0.15) is 11.3 Å². The van der Waals surface area contributed by atoms with Crippen LogP contribution >= 0.6 is 0 Å². The number of carbonyl (C=O) groups is 1. The molecule has 1 aliphatic carbocycles. The topological polar surface area (TPSA) is 83.3 Å². The molecule has 0 fully saturated rings. The number of fused-ring (bicyclic) bond motifs is 2. The van der Waals surface area contributed by atoms with E-state index in [-0.39, 0.29) is 22.8 Å². The maximum atomic E-state index is 12.7. The zero-order chi connectivity index (χ0) is 22.9. The number of carboxylic acid groups (broad SMARTS) is 1. The highest BCUT2D eigenvalue weighted by Gasteiger charge is 2.42. The molecular formula is C26H31NO4. The van der Waals surface area contributed by atoms with Crippen LogP contribution in [0.15, 0.2) is 27.4 Å². The third kappa shape index (κ3) is 3.31. The normalized spacial score (nSPS) is 19.4. The summed E-state index contributed by atoms with van der Waals surface area (Å²) in [7, 11) is 0. The molecule has 0 radical (unpaired) electrons. The van der Waals surface area contributed by atoms with Gasteiger partial charge >= 0.3 is 5.97 Å². The van der Waals surface area contributed by atoms with Crippen LogP contribution in [-0.2, 0) is 22.0 Å². The van der Waals surface area contributed by atoms with Crippen LogP contribution in [0.1, 0.15) is 69.0 Å². The van der Waals surface area contributed by atoms with Crippen LogP contribution in [0.4, 0.5) is 0 Å². The summed E-state index contributed by atoms with van der Waals surface area (Å²) < 4.78 is 6.18. The number of aliphatic carboxylic acids is 1. The summed E-state index contributed by atoms with van der Waals surface area (Å²) >= 11 is 0. The second-order valence-corrected chi connectivity index (χ2v) is 10.4. The molecule has 0 amide bonds. The summed E-state index contributed by atoms with van der Waals surface area (Å²) in [5.74, 6) is 0.0337. The molecule has 4 rings (SSSR count). The predicted octanol–water partition coefficient (Wildman–Crippen LogP) is 5.63. The molecule has 0 aliphatic heterocycles. The average molecular weight is 422 g/mol. The molecule has 0 spiro atoms. The summed E-state index contributed by atoms with van der Waals surface area (Å²) in [6, 6.07) is 6.16. The lowest BCUT2D eigenvalue weighted by molar-refractivity contribution is -0.136. The number of pyridine rings is 1. The number of furan rings is 1. The molecule has 5 nitrogen and oxygen atoms in total. The van der Waals surface area contributed by atoms with E-state index in [1.807, 2.05) is 6.92 Å². The van der Waals surface area contributed by atoms with Gasteiger partial charge in [0, 0.05) is 22.9 Å². The van der Waals surface area contributed by atoms with Crippen LogP contribution in [0.25, 0.3) is 22.3 Å². The van der Waals surface area contributed by atoms with Crippen LogP contribution in [0.5, 0.6) is 0 Å². The highest BCUT2D eigenvalue weighted by molar-refractivity contribution is 5.91. The highest BCUT2D eigenvalue weighted by atomic mass is 16.4. The molecule has 0 saturated carbocycles. The number of hydrogen-bond donors (Lipinski definition) is 2. The smallest absolute Gasteiger partial charge is 0.307 e. The van der Waals surface area contributed by atoms with Gasteiger partial charge in [0.05, 0.1) is 11.8 Å². The molecule has 1 aromatic carbocycles. The monoisotopic (exact) mass is 421 g/mol. The van der Waals surface area contributed by atoms with E-state index in [2.05, 4.69) is 51.7 Å². The van der Waals surface area contributed by atoms with Crippen molar-refractivity contribution in [1.82, 2.24) is 4.98 Å². The third-order valence-electron chi connectivity index (χ3n) is 7.33. The molecule has 164 valence electrons. The van der Waals surface area contributed by atoms with Gasteiger partial charge in [-0.15, -0.1) is 0 Å². The van der Waals surface area contributed by atoms with Crippen molar-refractivity contribution in [2.24, 2.45) is 5.92 Å². The Kier molecular flexibility index (Phi) is 4.73. The van der Waals surface area contributed by atoms with Crippen molar-refractivity contribution in [2.45, 2.75) is 72.1 Å². The number of aromatic amines is 1. The second-order valence-electron chi connectivity index (χ2n) is 10.4. The molecule has 1 aliphatic rings. The van der Waals surface area contributed by atoms with Crippen LogP contribution in [0, 0.1) is 19.8 Å². The first-order valence-electron chi connectivity index (χ1n) is 10.9. The van der Waals surface area contributed by atoms with E-state index in [4.69, 9.17) is 4.42 Å².